The Morgan fingerprint density at radius 2 is 2.29 bits per heavy atom. The average molecular weight is 234 g/mol. The molecule has 5 nitrogen and oxygen atoms in total. The Morgan fingerprint density at radius 1 is 1.53 bits per heavy atom. The molecule has 1 unspecified atom stereocenters. The zero-order chi connectivity index (χ0) is 12.3. The van der Waals surface area contributed by atoms with Crippen LogP contribution in [-0.2, 0) is 16.0 Å². The number of para-hydroxylation sites is 1. The molecule has 0 bridgehead atoms. The van der Waals surface area contributed by atoms with E-state index in [0.29, 0.717) is 6.42 Å². The number of fused-ring (bicyclic) bond motifs is 1. The summed E-state index contributed by atoms with van der Waals surface area (Å²) >= 11 is 0. The van der Waals surface area contributed by atoms with Gasteiger partial charge in [0.05, 0.1) is 7.11 Å². The van der Waals surface area contributed by atoms with Gasteiger partial charge in [0.1, 0.15) is 6.04 Å². The lowest BCUT2D eigenvalue weighted by Crippen LogP contribution is -2.37. The van der Waals surface area contributed by atoms with Crippen molar-refractivity contribution in [3.8, 4) is 0 Å². The number of hydroxylamine groups is 1. The Bertz CT molecular complexity index is 521. The Morgan fingerprint density at radius 3 is 3.00 bits per heavy atom. The standard InChI is InChI=1S/C12H14N2O3/c1-17-12(15)11(14-16)6-8-7-13-10-5-3-2-4-9(8)10/h2-5,7,11,13-14,16H,6H2,1H3. The number of hydrogen-bond acceptors (Lipinski definition) is 4. The zero-order valence-corrected chi connectivity index (χ0v) is 9.43. The molecule has 3 N–H and O–H groups in total. The molecule has 0 aliphatic heterocycles. The summed E-state index contributed by atoms with van der Waals surface area (Å²) in [5.41, 5.74) is 3.93. The zero-order valence-electron chi connectivity index (χ0n) is 9.43. The summed E-state index contributed by atoms with van der Waals surface area (Å²) in [5, 5.41) is 9.98. The molecule has 0 saturated heterocycles. The number of carbonyl (C=O) groups is 1. The molecule has 1 aromatic heterocycles. The maximum atomic E-state index is 11.4. The average Bonchev–Trinajstić information content (AvgIpc) is 2.78. The number of aromatic amines is 1. The molecular weight excluding hydrogens is 220 g/mol. The number of benzene rings is 1. The van der Waals surface area contributed by atoms with E-state index in [1.54, 1.807) is 0 Å². The van der Waals surface area contributed by atoms with Crippen LogP contribution < -0.4 is 5.48 Å². The molecule has 1 aromatic carbocycles. The van der Waals surface area contributed by atoms with Crippen LogP contribution in [0.2, 0.25) is 0 Å². The third-order valence-electron chi connectivity index (χ3n) is 2.74. The number of esters is 1. The van der Waals surface area contributed by atoms with Crippen molar-refractivity contribution in [2.45, 2.75) is 12.5 Å². The van der Waals surface area contributed by atoms with Crippen molar-refractivity contribution in [2.75, 3.05) is 7.11 Å². The van der Waals surface area contributed by atoms with Gasteiger partial charge < -0.3 is 14.9 Å². The van der Waals surface area contributed by atoms with E-state index in [0.717, 1.165) is 16.5 Å². The number of rotatable bonds is 4. The normalized spacial score (nSPS) is 12.6. The van der Waals surface area contributed by atoms with Gasteiger partial charge in [0.2, 0.25) is 0 Å². The fourth-order valence-electron chi connectivity index (χ4n) is 1.84. The van der Waals surface area contributed by atoms with Gasteiger partial charge in [0.25, 0.3) is 0 Å². The van der Waals surface area contributed by atoms with Gasteiger partial charge in [-0.3, -0.25) is 4.79 Å². The van der Waals surface area contributed by atoms with Crippen molar-refractivity contribution in [2.24, 2.45) is 0 Å². The Kier molecular flexibility index (Phi) is 3.41. The minimum Gasteiger partial charge on any atom is -0.468 e. The number of H-pyrrole nitrogens is 1. The largest absolute Gasteiger partial charge is 0.468 e. The summed E-state index contributed by atoms with van der Waals surface area (Å²) in [5.74, 6) is -0.488. The minimum absolute atomic E-state index is 0.368. The number of ether oxygens (including phenoxy) is 1. The molecule has 2 aromatic rings. The van der Waals surface area contributed by atoms with Crippen molar-refractivity contribution >= 4 is 16.9 Å². The van der Waals surface area contributed by atoms with E-state index in [9.17, 15) is 4.79 Å². The van der Waals surface area contributed by atoms with Gasteiger partial charge >= 0.3 is 5.97 Å². The molecule has 0 fully saturated rings. The molecule has 0 saturated carbocycles. The van der Waals surface area contributed by atoms with Crippen LogP contribution in [0, 0.1) is 0 Å². The van der Waals surface area contributed by atoms with Crippen LogP contribution in [0.1, 0.15) is 5.56 Å². The van der Waals surface area contributed by atoms with Crippen molar-refractivity contribution < 1.29 is 14.7 Å². The molecule has 90 valence electrons. The maximum absolute atomic E-state index is 11.4. The van der Waals surface area contributed by atoms with Crippen LogP contribution in [-0.4, -0.2) is 29.3 Å². The van der Waals surface area contributed by atoms with E-state index in [4.69, 9.17) is 5.21 Å². The second-order valence-corrected chi connectivity index (χ2v) is 3.77. The van der Waals surface area contributed by atoms with E-state index < -0.39 is 12.0 Å². The van der Waals surface area contributed by atoms with E-state index in [-0.39, 0.29) is 0 Å². The molecule has 0 aliphatic rings. The second kappa shape index (κ2) is 4.99. The molecule has 2 rings (SSSR count). The topological polar surface area (TPSA) is 74.4 Å². The molecule has 0 aliphatic carbocycles. The Balaban J connectivity index is 2.25. The van der Waals surface area contributed by atoms with Crippen LogP contribution in [0.4, 0.5) is 0 Å². The molecule has 0 radical (unpaired) electrons. The second-order valence-electron chi connectivity index (χ2n) is 3.77. The van der Waals surface area contributed by atoms with Crippen LogP contribution in [0.5, 0.6) is 0 Å². The SMILES string of the molecule is COC(=O)C(Cc1c[nH]c2ccccc12)NO. The molecule has 5 heteroatoms. The first-order valence-corrected chi connectivity index (χ1v) is 5.28. The predicted molar refractivity (Wildman–Crippen MR) is 62.7 cm³/mol. The van der Waals surface area contributed by atoms with Gasteiger partial charge in [-0.1, -0.05) is 18.2 Å². The predicted octanol–water partition coefficient (Wildman–Crippen LogP) is 1.23. The first-order chi connectivity index (χ1) is 8.26. The fraction of sp³-hybridized carbons (Fsp3) is 0.250. The summed E-state index contributed by atoms with van der Waals surface area (Å²) in [4.78, 5) is 14.5. The first kappa shape index (κ1) is 11.6. The van der Waals surface area contributed by atoms with Gasteiger partial charge in [-0.05, 0) is 11.6 Å². The molecule has 0 spiro atoms. The van der Waals surface area contributed by atoms with Crippen molar-refractivity contribution in [1.82, 2.24) is 10.5 Å². The highest BCUT2D eigenvalue weighted by molar-refractivity contribution is 5.84. The lowest BCUT2D eigenvalue weighted by molar-refractivity contribution is -0.145. The maximum Gasteiger partial charge on any atom is 0.325 e. The lowest BCUT2D eigenvalue weighted by atomic mass is 10.1. The quantitative estimate of drug-likeness (QED) is 0.549. The van der Waals surface area contributed by atoms with Gasteiger partial charge in [0.15, 0.2) is 0 Å². The van der Waals surface area contributed by atoms with Crippen LogP contribution in [0.25, 0.3) is 10.9 Å². The highest BCUT2D eigenvalue weighted by Crippen LogP contribution is 2.19. The number of hydrogen-bond donors (Lipinski definition) is 3. The van der Waals surface area contributed by atoms with Crippen LogP contribution in [0.15, 0.2) is 30.5 Å². The van der Waals surface area contributed by atoms with Crippen LogP contribution in [0.3, 0.4) is 0 Å². The molecular formula is C12H14N2O3. The molecule has 0 amide bonds. The van der Waals surface area contributed by atoms with Crippen molar-refractivity contribution in [1.29, 1.82) is 0 Å². The fourth-order valence-corrected chi connectivity index (χ4v) is 1.84. The molecule has 17 heavy (non-hydrogen) atoms. The summed E-state index contributed by atoms with van der Waals surface area (Å²) < 4.78 is 4.59. The lowest BCUT2D eigenvalue weighted by Gasteiger charge is -2.11. The number of nitrogens with one attached hydrogen (secondary N) is 2. The summed E-state index contributed by atoms with van der Waals surface area (Å²) in [7, 11) is 1.29. The minimum atomic E-state index is -0.751. The van der Waals surface area contributed by atoms with E-state index in [1.807, 2.05) is 35.9 Å². The summed E-state index contributed by atoms with van der Waals surface area (Å²) in [6, 6.07) is 7.04. The highest BCUT2D eigenvalue weighted by Gasteiger charge is 2.19. The number of aromatic nitrogens is 1. The van der Waals surface area contributed by atoms with Gasteiger partial charge in [-0.15, -0.1) is 0 Å². The molecule has 1 atom stereocenters. The monoisotopic (exact) mass is 234 g/mol. The van der Waals surface area contributed by atoms with E-state index in [1.165, 1.54) is 7.11 Å². The van der Waals surface area contributed by atoms with Gasteiger partial charge in [-0.2, -0.15) is 5.48 Å². The first-order valence-electron chi connectivity index (χ1n) is 5.28. The van der Waals surface area contributed by atoms with Gasteiger partial charge in [0, 0.05) is 23.5 Å². The molecule has 1 heterocycles. The van der Waals surface area contributed by atoms with Gasteiger partial charge in [-0.25, -0.2) is 0 Å². The van der Waals surface area contributed by atoms with Crippen molar-refractivity contribution in [3.63, 3.8) is 0 Å². The summed E-state index contributed by atoms with van der Waals surface area (Å²) in [6.07, 6.45) is 2.20. The number of carbonyl (C=O) groups excluding carboxylic acids is 1. The van der Waals surface area contributed by atoms with E-state index in [2.05, 4.69) is 9.72 Å². The van der Waals surface area contributed by atoms with E-state index >= 15 is 0 Å². The Hall–Kier alpha value is -1.85. The van der Waals surface area contributed by atoms with Crippen molar-refractivity contribution in [3.05, 3.63) is 36.0 Å². The third kappa shape index (κ3) is 2.30. The smallest absolute Gasteiger partial charge is 0.325 e. The number of methoxy groups -OCH3 is 1. The summed E-state index contributed by atoms with van der Waals surface area (Å²) in [6.45, 7) is 0. The Labute approximate surface area is 98.4 Å². The van der Waals surface area contributed by atoms with Crippen LogP contribution >= 0.6 is 0 Å². The highest BCUT2D eigenvalue weighted by atomic mass is 16.5. The third-order valence-corrected chi connectivity index (χ3v) is 2.74.